The summed E-state index contributed by atoms with van der Waals surface area (Å²) in [6, 6.07) is 10.9. The second-order valence-electron chi connectivity index (χ2n) is 7.84. The van der Waals surface area contributed by atoms with Crippen molar-refractivity contribution < 1.29 is 14.6 Å². The van der Waals surface area contributed by atoms with Crippen LogP contribution in [0.1, 0.15) is 43.1 Å². The second kappa shape index (κ2) is 5.98. The van der Waals surface area contributed by atoms with Gasteiger partial charge in [0.2, 0.25) is 0 Å². The molecule has 7 nitrogen and oxygen atoms in total. The normalized spacial score (nSPS) is 23.3. The van der Waals surface area contributed by atoms with Crippen molar-refractivity contribution in [2.24, 2.45) is 5.73 Å². The van der Waals surface area contributed by atoms with Crippen molar-refractivity contribution in [3.05, 3.63) is 63.4 Å². The van der Waals surface area contributed by atoms with Gasteiger partial charge < -0.3 is 20.1 Å². The molecule has 0 radical (unpaired) electrons. The molecule has 2 aliphatic rings. The average Bonchev–Trinajstić information content (AvgIpc) is 3.07. The number of aromatic nitrogens is 2. The van der Waals surface area contributed by atoms with Crippen molar-refractivity contribution in [2.45, 2.75) is 44.6 Å². The number of carbonyl (C=O) groups excluding carboxylic acids is 1. The fourth-order valence-corrected chi connectivity index (χ4v) is 4.39. The summed E-state index contributed by atoms with van der Waals surface area (Å²) in [6.45, 7) is 3.74. The summed E-state index contributed by atoms with van der Waals surface area (Å²) >= 11 is 0. The van der Waals surface area contributed by atoms with Crippen molar-refractivity contribution in [1.29, 1.82) is 0 Å². The van der Waals surface area contributed by atoms with E-state index in [4.69, 9.17) is 15.5 Å². The minimum absolute atomic E-state index is 0.0887. The van der Waals surface area contributed by atoms with Gasteiger partial charge in [-0.25, -0.2) is 9.78 Å². The van der Waals surface area contributed by atoms with Crippen molar-refractivity contribution in [3.63, 3.8) is 0 Å². The fraction of sp³-hybridized carbons (Fsp3) is 0.318. The molecule has 0 amide bonds. The molecule has 2 aliphatic heterocycles. The van der Waals surface area contributed by atoms with Crippen LogP contribution in [0.5, 0.6) is 0 Å². The summed E-state index contributed by atoms with van der Waals surface area (Å²) in [6.07, 6.45) is -0.809. The molecule has 7 heteroatoms. The van der Waals surface area contributed by atoms with Crippen LogP contribution < -0.4 is 11.3 Å². The molecule has 3 N–H and O–H groups in total. The zero-order valence-corrected chi connectivity index (χ0v) is 16.2. The molecule has 2 unspecified atom stereocenters. The molecule has 5 rings (SSSR count). The molecular weight excluding hydrogens is 370 g/mol. The lowest BCUT2D eigenvalue weighted by atomic mass is 9.82. The van der Waals surface area contributed by atoms with Gasteiger partial charge in [-0.05, 0) is 31.5 Å². The number of nitrogens with two attached hydrogens (primary N) is 1. The summed E-state index contributed by atoms with van der Waals surface area (Å²) in [5, 5.41) is 12.1. The first-order valence-corrected chi connectivity index (χ1v) is 9.71. The Labute approximate surface area is 166 Å². The first-order chi connectivity index (χ1) is 13.8. The molecule has 0 spiro atoms. The topological polar surface area (TPSA) is 107 Å². The maximum absolute atomic E-state index is 13.5. The van der Waals surface area contributed by atoms with Gasteiger partial charge in [-0.2, -0.15) is 0 Å². The third-order valence-electron chi connectivity index (χ3n) is 6.00. The first-order valence-electron chi connectivity index (χ1n) is 9.71. The van der Waals surface area contributed by atoms with E-state index in [1.54, 1.807) is 24.5 Å². The van der Waals surface area contributed by atoms with Crippen LogP contribution in [-0.4, -0.2) is 26.7 Å². The lowest BCUT2D eigenvalue weighted by Crippen LogP contribution is -2.49. The van der Waals surface area contributed by atoms with Gasteiger partial charge >= 0.3 is 5.97 Å². The van der Waals surface area contributed by atoms with E-state index in [1.807, 2.05) is 30.3 Å². The Morgan fingerprint density at radius 1 is 1.34 bits per heavy atom. The van der Waals surface area contributed by atoms with Gasteiger partial charge in [0.05, 0.1) is 29.0 Å². The van der Waals surface area contributed by atoms with Gasteiger partial charge in [0.25, 0.3) is 5.56 Å². The highest BCUT2D eigenvalue weighted by molar-refractivity contribution is 5.86. The highest BCUT2D eigenvalue weighted by atomic mass is 16.6. The van der Waals surface area contributed by atoms with Gasteiger partial charge in [-0.15, -0.1) is 0 Å². The molecule has 148 valence electrons. The molecule has 0 saturated heterocycles. The molecule has 0 bridgehead atoms. The van der Waals surface area contributed by atoms with Crippen LogP contribution in [0.25, 0.3) is 22.3 Å². The predicted molar refractivity (Wildman–Crippen MR) is 107 cm³/mol. The number of benzene rings is 1. The molecule has 1 aromatic carbocycles. The Morgan fingerprint density at radius 3 is 2.83 bits per heavy atom. The van der Waals surface area contributed by atoms with E-state index in [2.05, 4.69) is 0 Å². The first kappa shape index (κ1) is 18.0. The minimum Gasteiger partial charge on any atom is -0.453 e. The number of cyclic esters (lactones) is 1. The number of esters is 1. The maximum Gasteiger partial charge on any atom is 0.343 e. The molecule has 2 aromatic heterocycles. The Hall–Kier alpha value is -3.03. The van der Waals surface area contributed by atoms with Crippen LogP contribution in [-0.2, 0) is 21.7 Å². The second-order valence-corrected chi connectivity index (χ2v) is 7.84. The van der Waals surface area contributed by atoms with E-state index in [1.165, 1.54) is 0 Å². The highest BCUT2D eigenvalue weighted by Gasteiger charge is 2.49. The number of pyridine rings is 2. The number of rotatable bonds is 2. The number of aliphatic hydroxyl groups is 1. The van der Waals surface area contributed by atoms with Crippen LogP contribution in [0.2, 0.25) is 0 Å². The third-order valence-corrected chi connectivity index (χ3v) is 6.00. The number of para-hydroxylation sites is 1. The SMILES string of the molecule is CC[C@@]1(O)C(=O)OC(C(C)N)c2c1cc1n(c2=O)Cc2cc3ccccc3nc2-1. The number of ether oxygens (including phenoxy) is 1. The Morgan fingerprint density at radius 2 is 2.10 bits per heavy atom. The summed E-state index contributed by atoms with van der Waals surface area (Å²) in [5.74, 6) is -0.774. The minimum atomic E-state index is -1.88. The van der Waals surface area contributed by atoms with E-state index in [-0.39, 0.29) is 23.1 Å². The zero-order valence-electron chi connectivity index (χ0n) is 16.2. The quantitative estimate of drug-likeness (QED) is 0.506. The fourth-order valence-electron chi connectivity index (χ4n) is 4.39. The summed E-state index contributed by atoms with van der Waals surface area (Å²) < 4.78 is 7.04. The smallest absolute Gasteiger partial charge is 0.343 e. The monoisotopic (exact) mass is 391 g/mol. The highest BCUT2D eigenvalue weighted by Crippen LogP contribution is 2.42. The predicted octanol–water partition coefficient (Wildman–Crippen LogP) is 1.97. The van der Waals surface area contributed by atoms with Gasteiger partial charge in [-0.3, -0.25) is 4.79 Å². The molecule has 0 fully saturated rings. The van der Waals surface area contributed by atoms with Crippen LogP contribution in [0, 0.1) is 0 Å². The van der Waals surface area contributed by atoms with Gasteiger partial charge in [-0.1, -0.05) is 25.1 Å². The molecule has 4 heterocycles. The van der Waals surface area contributed by atoms with Crippen LogP contribution in [0.3, 0.4) is 0 Å². The lowest BCUT2D eigenvalue weighted by molar-refractivity contribution is -0.179. The zero-order chi connectivity index (χ0) is 20.5. The van der Waals surface area contributed by atoms with Crippen LogP contribution in [0.4, 0.5) is 0 Å². The number of carbonyl (C=O) groups is 1. The van der Waals surface area contributed by atoms with Crippen molar-refractivity contribution in [3.8, 4) is 11.4 Å². The number of hydrogen-bond donors (Lipinski definition) is 2. The third kappa shape index (κ3) is 2.34. The van der Waals surface area contributed by atoms with Crippen LogP contribution in [0.15, 0.2) is 41.2 Å². The summed E-state index contributed by atoms with van der Waals surface area (Å²) in [7, 11) is 0. The van der Waals surface area contributed by atoms with Crippen molar-refractivity contribution >= 4 is 16.9 Å². The van der Waals surface area contributed by atoms with E-state index >= 15 is 0 Å². The van der Waals surface area contributed by atoms with Crippen LogP contribution >= 0.6 is 0 Å². The van der Waals surface area contributed by atoms with E-state index in [9.17, 15) is 14.7 Å². The number of fused-ring (bicyclic) bond motifs is 5. The van der Waals surface area contributed by atoms with Gasteiger partial charge in [0.1, 0.15) is 6.10 Å². The Bertz CT molecular complexity index is 1250. The Balaban J connectivity index is 1.82. The number of hydrogen-bond acceptors (Lipinski definition) is 6. The summed E-state index contributed by atoms with van der Waals surface area (Å²) in [5.41, 5.74) is 7.40. The van der Waals surface area contributed by atoms with Crippen molar-refractivity contribution in [1.82, 2.24) is 9.55 Å². The van der Waals surface area contributed by atoms with E-state index in [0.29, 0.717) is 17.9 Å². The summed E-state index contributed by atoms with van der Waals surface area (Å²) in [4.78, 5) is 30.8. The average molecular weight is 391 g/mol. The molecule has 3 aromatic rings. The molecule has 0 aliphatic carbocycles. The standard InChI is InChI=1S/C22H21N3O4/c1-3-22(28)14-9-16-18-13(8-12-6-4-5-7-15(12)24-18)10-25(16)20(26)17(14)19(11(2)23)29-21(22)27/h4-9,11,19,28H,3,10,23H2,1-2H3/t11?,19?,22-/m0/s1. The van der Waals surface area contributed by atoms with Crippen molar-refractivity contribution in [2.75, 3.05) is 0 Å². The van der Waals surface area contributed by atoms with E-state index < -0.39 is 23.7 Å². The molecular formula is C22H21N3O4. The van der Waals surface area contributed by atoms with Gasteiger partial charge in [0.15, 0.2) is 5.60 Å². The largest absolute Gasteiger partial charge is 0.453 e. The molecule has 3 atom stereocenters. The molecule has 29 heavy (non-hydrogen) atoms. The molecule has 0 saturated carbocycles. The number of nitrogens with zero attached hydrogens (tertiary/aromatic N) is 2. The maximum atomic E-state index is 13.5. The van der Waals surface area contributed by atoms with E-state index in [0.717, 1.165) is 16.5 Å². The Kier molecular flexibility index (Phi) is 3.72. The van der Waals surface area contributed by atoms with Gasteiger partial charge in [0, 0.05) is 22.6 Å². The lowest BCUT2D eigenvalue weighted by Gasteiger charge is -2.37.